The van der Waals surface area contributed by atoms with Crippen molar-refractivity contribution in [1.82, 2.24) is 0 Å². The molecule has 1 aliphatic heterocycles. The van der Waals surface area contributed by atoms with E-state index in [1.807, 2.05) is 33.8 Å². The molecule has 198 valence electrons. The Morgan fingerprint density at radius 2 is 1.21 bits per heavy atom. The van der Waals surface area contributed by atoms with Crippen LogP contribution in [0.15, 0.2) is 11.5 Å². The topological polar surface area (TPSA) is 73.8 Å². The lowest BCUT2D eigenvalue weighted by atomic mass is 9.70. The Labute approximate surface area is 204 Å². The third-order valence-corrected chi connectivity index (χ3v) is 6.43. The smallest absolute Gasteiger partial charge is 0.400 e. The predicted molar refractivity (Wildman–Crippen MR) is 128 cm³/mol. The molecule has 0 amide bonds. The van der Waals surface area contributed by atoms with Crippen molar-refractivity contribution in [2.75, 3.05) is 79.8 Å². The molecule has 1 heterocycles. The predicted octanol–water partition coefficient (Wildman–Crippen LogP) is 3.17. The number of hydrogen-bond donors (Lipinski definition) is 0. The average Bonchev–Trinajstić information content (AvgIpc) is 3.00. The number of allylic oxidation sites excluding steroid dienone is 2. The lowest BCUT2D eigenvalue weighted by molar-refractivity contribution is -0.0314. The van der Waals surface area contributed by atoms with E-state index in [4.69, 9.17) is 37.7 Å². The van der Waals surface area contributed by atoms with E-state index in [1.165, 1.54) is 0 Å². The minimum Gasteiger partial charge on any atom is -0.400 e. The van der Waals surface area contributed by atoms with Gasteiger partial charge in [0.1, 0.15) is 5.67 Å². The van der Waals surface area contributed by atoms with Crippen molar-refractivity contribution in [1.29, 1.82) is 0 Å². The SMILES string of the molecule is COCCOCCOCCOCCOCCOCC1(F)CC=C(B2OC(C)(C)C(C)(C)O2)CC1. The number of methoxy groups -OCH3 is 1. The van der Waals surface area contributed by atoms with E-state index < -0.39 is 12.8 Å². The van der Waals surface area contributed by atoms with Gasteiger partial charge in [0.2, 0.25) is 0 Å². The molecule has 8 nitrogen and oxygen atoms in total. The molecule has 0 aromatic heterocycles. The van der Waals surface area contributed by atoms with Crippen molar-refractivity contribution < 1.29 is 42.1 Å². The summed E-state index contributed by atoms with van der Waals surface area (Å²) < 4.78 is 59.2. The van der Waals surface area contributed by atoms with Crippen molar-refractivity contribution in [3.05, 3.63) is 11.5 Å². The quantitative estimate of drug-likeness (QED) is 0.214. The first-order valence-electron chi connectivity index (χ1n) is 12.3. The van der Waals surface area contributed by atoms with E-state index in [0.717, 1.165) is 5.47 Å². The largest absolute Gasteiger partial charge is 0.490 e. The number of rotatable bonds is 18. The number of halogens is 1. The molecular weight excluding hydrogens is 446 g/mol. The Morgan fingerprint density at radius 1 is 0.765 bits per heavy atom. The van der Waals surface area contributed by atoms with Crippen LogP contribution in [0.25, 0.3) is 0 Å². The third kappa shape index (κ3) is 10.2. The molecule has 0 N–H and O–H groups in total. The summed E-state index contributed by atoms with van der Waals surface area (Å²) in [5.74, 6) is 0. The molecule has 0 aromatic rings. The molecule has 1 atom stereocenters. The first-order valence-corrected chi connectivity index (χ1v) is 12.3. The normalized spacial score (nSPS) is 23.9. The van der Waals surface area contributed by atoms with Gasteiger partial charge in [-0.05, 0) is 46.0 Å². The second-order valence-corrected chi connectivity index (χ2v) is 9.72. The molecule has 1 fully saturated rings. The van der Waals surface area contributed by atoms with Gasteiger partial charge in [0.15, 0.2) is 0 Å². The van der Waals surface area contributed by atoms with Gasteiger partial charge < -0.3 is 37.7 Å². The van der Waals surface area contributed by atoms with E-state index >= 15 is 4.39 Å². The fourth-order valence-corrected chi connectivity index (χ4v) is 3.50. The van der Waals surface area contributed by atoms with Gasteiger partial charge in [-0.15, -0.1) is 0 Å². The number of alkyl halides is 1. The fraction of sp³-hybridized carbons (Fsp3) is 0.917. The molecule has 2 aliphatic rings. The molecule has 0 saturated carbocycles. The molecule has 10 heteroatoms. The highest BCUT2D eigenvalue weighted by atomic mass is 19.1. The first kappa shape index (κ1) is 29.6. The maximum Gasteiger partial charge on any atom is 0.490 e. The van der Waals surface area contributed by atoms with Crippen molar-refractivity contribution in [3.63, 3.8) is 0 Å². The van der Waals surface area contributed by atoms with Crippen LogP contribution < -0.4 is 0 Å². The van der Waals surface area contributed by atoms with Crippen LogP contribution in [0, 0.1) is 0 Å². The minimum absolute atomic E-state index is 0.0620. The van der Waals surface area contributed by atoms with E-state index in [1.54, 1.807) is 7.11 Å². The maximum absolute atomic E-state index is 15.1. The van der Waals surface area contributed by atoms with Gasteiger partial charge in [0.05, 0.1) is 83.9 Å². The van der Waals surface area contributed by atoms with Crippen LogP contribution in [0.2, 0.25) is 0 Å². The molecular formula is C24H44BFO8. The fourth-order valence-electron chi connectivity index (χ4n) is 3.50. The van der Waals surface area contributed by atoms with E-state index in [2.05, 4.69) is 0 Å². The monoisotopic (exact) mass is 490 g/mol. The second-order valence-electron chi connectivity index (χ2n) is 9.72. The summed E-state index contributed by atoms with van der Waals surface area (Å²) in [6.45, 7) is 13.1. The van der Waals surface area contributed by atoms with Gasteiger partial charge in [-0.1, -0.05) is 6.08 Å². The standard InChI is InChI=1S/C24H44BFO8/c1-22(2)23(3,4)34-25(33-22)21-6-8-24(26,9-7-21)20-32-19-18-31-17-16-30-15-14-29-13-12-28-11-10-27-5/h6H,7-20H2,1-5H3. The summed E-state index contributed by atoms with van der Waals surface area (Å²) in [4.78, 5) is 0. The van der Waals surface area contributed by atoms with E-state index in [9.17, 15) is 0 Å². The van der Waals surface area contributed by atoms with Crippen molar-refractivity contribution in [3.8, 4) is 0 Å². The molecule has 34 heavy (non-hydrogen) atoms. The number of hydrogen-bond acceptors (Lipinski definition) is 8. The molecule has 1 saturated heterocycles. The molecule has 0 aromatic carbocycles. The Hall–Kier alpha value is -0.585. The molecule has 1 aliphatic carbocycles. The second kappa shape index (κ2) is 14.8. The molecule has 2 rings (SSSR count). The van der Waals surface area contributed by atoms with Crippen molar-refractivity contribution >= 4 is 7.12 Å². The zero-order chi connectivity index (χ0) is 24.9. The van der Waals surface area contributed by atoms with Crippen molar-refractivity contribution in [2.45, 2.75) is 63.8 Å². The van der Waals surface area contributed by atoms with E-state index in [-0.39, 0.29) is 17.8 Å². The highest BCUT2D eigenvalue weighted by Gasteiger charge is 2.53. The first-order chi connectivity index (χ1) is 16.2. The molecule has 1 unspecified atom stereocenters. The zero-order valence-corrected chi connectivity index (χ0v) is 21.7. The highest BCUT2D eigenvalue weighted by Crippen LogP contribution is 2.41. The number of ether oxygens (including phenoxy) is 6. The van der Waals surface area contributed by atoms with Gasteiger partial charge in [-0.3, -0.25) is 0 Å². The van der Waals surface area contributed by atoms with Crippen LogP contribution in [-0.4, -0.2) is 104 Å². The lowest BCUT2D eigenvalue weighted by Gasteiger charge is -2.32. The van der Waals surface area contributed by atoms with Gasteiger partial charge in [0, 0.05) is 13.5 Å². The molecule has 0 bridgehead atoms. The Bertz CT molecular complexity index is 588. The van der Waals surface area contributed by atoms with Gasteiger partial charge in [-0.25, -0.2) is 4.39 Å². The van der Waals surface area contributed by atoms with Gasteiger partial charge in [0.25, 0.3) is 0 Å². The van der Waals surface area contributed by atoms with E-state index in [0.29, 0.717) is 85.3 Å². The molecule has 0 radical (unpaired) electrons. The van der Waals surface area contributed by atoms with Crippen LogP contribution in [0.4, 0.5) is 4.39 Å². The lowest BCUT2D eigenvalue weighted by Crippen LogP contribution is -2.41. The van der Waals surface area contributed by atoms with Crippen LogP contribution in [0.5, 0.6) is 0 Å². The molecule has 0 spiro atoms. The van der Waals surface area contributed by atoms with Crippen LogP contribution >= 0.6 is 0 Å². The Balaban J connectivity index is 1.43. The van der Waals surface area contributed by atoms with Crippen LogP contribution in [0.3, 0.4) is 0 Å². The summed E-state index contributed by atoms with van der Waals surface area (Å²) in [5, 5.41) is 0. The summed E-state index contributed by atoms with van der Waals surface area (Å²) in [7, 11) is 1.25. The summed E-state index contributed by atoms with van der Waals surface area (Å²) in [6.07, 6.45) is 3.23. The van der Waals surface area contributed by atoms with Gasteiger partial charge in [-0.2, -0.15) is 0 Å². The Kier molecular flexibility index (Phi) is 12.9. The zero-order valence-electron chi connectivity index (χ0n) is 21.7. The average molecular weight is 490 g/mol. The van der Waals surface area contributed by atoms with Crippen LogP contribution in [-0.2, 0) is 37.7 Å². The van der Waals surface area contributed by atoms with Crippen LogP contribution in [0.1, 0.15) is 47.0 Å². The van der Waals surface area contributed by atoms with Crippen molar-refractivity contribution in [2.24, 2.45) is 0 Å². The summed E-state index contributed by atoms with van der Waals surface area (Å²) >= 11 is 0. The summed E-state index contributed by atoms with van der Waals surface area (Å²) in [6, 6.07) is 0. The highest BCUT2D eigenvalue weighted by molar-refractivity contribution is 6.54. The summed E-state index contributed by atoms with van der Waals surface area (Å²) in [5.41, 5.74) is -1.10. The third-order valence-electron chi connectivity index (χ3n) is 6.43. The van der Waals surface area contributed by atoms with Gasteiger partial charge >= 0.3 is 7.12 Å². The Morgan fingerprint density at radius 3 is 1.62 bits per heavy atom. The maximum atomic E-state index is 15.1. The minimum atomic E-state index is -1.36.